The number of nitrogens with one attached hydrogen (secondary N) is 1. The Morgan fingerprint density at radius 3 is 2.65 bits per heavy atom. The van der Waals surface area contributed by atoms with E-state index in [1.165, 1.54) is 35.9 Å². The van der Waals surface area contributed by atoms with Gasteiger partial charge < -0.3 is 4.42 Å². The number of hydrogen-bond acceptors (Lipinski definition) is 4. The summed E-state index contributed by atoms with van der Waals surface area (Å²) < 4.78 is 33.6. The van der Waals surface area contributed by atoms with Crippen LogP contribution in [0.15, 0.2) is 50.5 Å². The van der Waals surface area contributed by atoms with Crippen molar-refractivity contribution in [2.45, 2.75) is 4.90 Å². The highest BCUT2D eigenvalue weighted by molar-refractivity contribution is 7.92. The third-order valence-corrected chi connectivity index (χ3v) is 5.45. The van der Waals surface area contributed by atoms with Gasteiger partial charge in [-0.1, -0.05) is 29.3 Å². The molecular weight excluding hydrogens is 363 g/mol. The van der Waals surface area contributed by atoms with Crippen molar-refractivity contribution < 1.29 is 12.8 Å². The second-order valence-electron chi connectivity index (χ2n) is 4.76. The molecule has 0 fully saturated rings. The summed E-state index contributed by atoms with van der Waals surface area (Å²) in [7, 11) is -2.38. The normalized spacial score (nSPS) is 11.8. The Hall–Kier alpha value is -1.96. The molecule has 1 N–H and O–H groups in total. The topological polar surface area (TPSA) is 81.3 Å². The molecule has 0 amide bonds. The van der Waals surface area contributed by atoms with Gasteiger partial charge in [-0.25, -0.2) is 13.2 Å². The van der Waals surface area contributed by atoms with Gasteiger partial charge in [0.05, 0.1) is 26.1 Å². The van der Waals surface area contributed by atoms with Gasteiger partial charge in [0.15, 0.2) is 5.58 Å². The Balaban J connectivity index is 2.06. The summed E-state index contributed by atoms with van der Waals surface area (Å²) in [5.74, 6) is -0.569. The minimum Gasteiger partial charge on any atom is -0.408 e. The summed E-state index contributed by atoms with van der Waals surface area (Å²) in [5.41, 5.74) is 0.834. The van der Waals surface area contributed by atoms with E-state index in [-0.39, 0.29) is 26.2 Å². The Morgan fingerprint density at radius 2 is 1.91 bits per heavy atom. The smallest absolute Gasteiger partial charge is 0.408 e. The number of oxazole rings is 1. The van der Waals surface area contributed by atoms with Gasteiger partial charge in [-0.15, -0.1) is 0 Å². The van der Waals surface area contributed by atoms with Crippen LogP contribution in [0.5, 0.6) is 0 Å². The SMILES string of the molecule is Cn1c(=O)oc2cc(S(=O)(=O)Nc3cccc(Cl)c3Cl)ccc21. The lowest BCUT2D eigenvalue weighted by atomic mass is 10.3. The third kappa shape index (κ3) is 2.83. The fraction of sp³-hybridized carbons (Fsp3) is 0.0714. The zero-order valence-electron chi connectivity index (χ0n) is 11.7. The predicted molar refractivity (Wildman–Crippen MR) is 88.7 cm³/mol. The van der Waals surface area contributed by atoms with E-state index < -0.39 is 15.8 Å². The molecule has 3 aromatic rings. The summed E-state index contributed by atoms with van der Waals surface area (Å²) in [6.45, 7) is 0. The van der Waals surface area contributed by atoms with E-state index in [0.717, 1.165) is 0 Å². The van der Waals surface area contributed by atoms with Crippen LogP contribution in [0.25, 0.3) is 11.1 Å². The molecular formula is C14H10Cl2N2O4S. The molecule has 0 aliphatic heterocycles. The predicted octanol–water partition coefficient (Wildman–Crippen LogP) is 3.24. The van der Waals surface area contributed by atoms with E-state index in [2.05, 4.69) is 4.72 Å². The number of sulfonamides is 1. The van der Waals surface area contributed by atoms with Gasteiger partial charge in [0, 0.05) is 13.1 Å². The minimum atomic E-state index is -3.91. The van der Waals surface area contributed by atoms with Crippen molar-refractivity contribution in [1.82, 2.24) is 4.57 Å². The highest BCUT2D eigenvalue weighted by Gasteiger charge is 2.18. The molecule has 0 saturated heterocycles. The lowest BCUT2D eigenvalue weighted by Gasteiger charge is -2.10. The number of fused-ring (bicyclic) bond motifs is 1. The fourth-order valence-electron chi connectivity index (χ4n) is 2.07. The Kier molecular flexibility index (Phi) is 3.87. The number of hydrogen-bond donors (Lipinski definition) is 1. The Labute approximate surface area is 141 Å². The molecule has 0 aliphatic carbocycles. The maximum Gasteiger partial charge on any atom is 0.419 e. The molecule has 6 nitrogen and oxygen atoms in total. The van der Waals surface area contributed by atoms with Crippen molar-refractivity contribution in [2.24, 2.45) is 7.05 Å². The molecule has 1 heterocycles. The van der Waals surface area contributed by atoms with Gasteiger partial charge in [0.1, 0.15) is 0 Å². The zero-order chi connectivity index (χ0) is 16.8. The first-order chi connectivity index (χ1) is 10.8. The van der Waals surface area contributed by atoms with Crippen LogP contribution in [0.2, 0.25) is 10.0 Å². The highest BCUT2D eigenvalue weighted by atomic mass is 35.5. The molecule has 0 saturated carbocycles. The summed E-state index contributed by atoms with van der Waals surface area (Å²) >= 11 is 11.9. The molecule has 2 aromatic carbocycles. The monoisotopic (exact) mass is 372 g/mol. The van der Waals surface area contributed by atoms with Crippen LogP contribution < -0.4 is 10.5 Å². The Bertz CT molecular complexity index is 1070. The number of rotatable bonds is 3. The first-order valence-corrected chi connectivity index (χ1v) is 8.60. The van der Waals surface area contributed by atoms with E-state index in [9.17, 15) is 13.2 Å². The molecule has 0 aliphatic rings. The maximum absolute atomic E-state index is 12.5. The van der Waals surface area contributed by atoms with Crippen LogP contribution in [0.4, 0.5) is 5.69 Å². The van der Waals surface area contributed by atoms with Crippen molar-refractivity contribution in [3.63, 3.8) is 0 Å². The quantitative estimate of drug-likeness (QED) is 0.764. The van der Waals surface area contributed by atoms with E-state index in [1.54, 1.807) is 12.1 Å². The molecule has 0 spiro atoms. The largest absolute Gasteiger partial charge is 0.419 e. The maximum atomic E-state index is 12.5. The van der Waals surface area contributed by atoms with Crippen LogP contribution in [-0.4, -0.2) is 13.0 Å². The van der Waals surface area contributed by atoms with Crippen molar-refractivity contribution >= 4 is 50.0 Å². The molecule has 9 heteroatoms. The summed E-state index contributed by atoms with van der Waals surface area (Å²) in [6, 6.07) is 8.76. The van der Waals surface area contributed by atoms with Gasteiger partial charge in [0.25, 0.3) is 10.0 Å². The first-order valence-electron chi connectivity index (χ1n) is 6.36. The second-order valence-corrected chi connectivity index (χ2v) is 7.23. The molecule has 0 radical (unpaired) electrons. The van der Waals surface area contributed by atoms with Crippen molar-refractivity contribution in [2.75, 3.05) is 4.72 Å². The number of nitrogens with zero attached hydrogens (tertiary/aromatic N) is 1. The van der Waals surface area contributed by atoms with Gasteiger partial charge in [-0.2, -0.15) is 0 Å². The van der Waals surface area contributed by atoms with Crippen molar-refractivity contribution in [3.8, 4) is 0 Å². The van der Waals surface area contributed by atoms with Crippen molar-refractivity contribution in [1.29, 1.82) is 0 Å². The first kappa shape index (κ1) is 15.9. The number of anilines is 1. The van der Waals surface area contributed by atoms with Gasteiger partial charge >= 0.3 is 5.76 Å². The van der Waals surface area contributed by atoms with E-state index in [4.69, 9.17) is 27.6 Å². The van der Waals surface area contributed by atoms with Crippen LogP contribution in [-0.2, 0) is 17.1 Å². The van der Waals surface area contributed by atoms with Gasteiger partial charge in [-0.05, 0) is 24.3 Å². The van der Waals surface area contributed by atoms with Gasteiger partial charge in [0.2, 0.25) is 0 Å². The summed E-state index contributed by atoms with van der Waals surface area (Å²) in [6.07, 6.45) is 0. The summed E-state index contributed by atoms with van der Waals surface area (Å²) in [4.78, 5) is 11.4. The number of aryl methyl sites for hydroxylation is 1. The second kappa shape index (κ2) is 5.59. The van der Waals surface area contributed by atoms with E-state index >= 15 is 0 Å². The average molecular weight is 373 g/mol. The molecule has 0 bridgehead atoms. The van der Waals surface area contributed by atoms with Crippen LogP contribution in [0.3, 0.4) is 0 Å². The van der Waals surface area contributed by atoms with Crippen LogP contribution >= 0.6 is 23.2 Å². The third-order valence-electron chi connectivity index (χ3n) is 3.27. The minimum absolute atomic E-state index is 0.0598. The van der Waals surface area contributed by atoms with Crippen LogP contribution in [0.1, 0.15) is 0 Å². The number of aromatic nitrogens is 1. The average Bonchev–Trinajstić information content (AvgIpc) is 2.78. The standard InChI is InChI=1S/C14H10Cl2N2O4S/c1-18-11-6-5-8(7-12(11)22-14(18)19)23(20,21)17-10-4-2-3-9(15)13(10)16/h2-7,17H,1H3. The fourth-order valence-corrected chi connectivity index (χ4v) is 3.56. The molecule has 120 valence electrons. The van der Waals surface area contributed by atoms with Crippen molar-refractivity contribution in [3.05, 3.63) is 57.0 Å². The lowest BCUT2D eigenvalue weighted by molar-refractivity contribution is 0.527. The number of benzene rings is 2. The van der Waals surface area contributed by atoms with E-state index in [0.29, 0.717) is 5.52 Å². The lowest BCUT2D eigenvalue weighted by Crippen LogP contribution is -2.13. The summed E-state index contributed by atoms with van der Waals surface area (Å²) in [5, 5.41) is 0.335. The van der Waals surface area contributed by atoms with Gasteiger partial charge in [-0.3, -0.25) is 9.29 Å². The highest BCUT2D eigenvalue weighted by Crippen LogP contribution is 2.31. The Morgan fingerprint density at radius 1 is 1.17 bits per heavy atom. The zero-order valence-corrected chi connectivity index (χ0v) is 14.0. The molecule has 23 heavy (non-hydrogen) atoms. The molecule has 1 aromatic heterocycles. The van der Waals surface area contributed by atoms with Crippen LogP contribution in [0, 0.1) is 0 Å². The molecule has 3 rings (SSSR count). The molecule has 0 atom stereocenters. The number of halogens is 2. The molecule has 0 unspecified atom stereocenters. The van der Waals surface area contributed by atoms with E-state index in [1.807, 2.05) is 0 Å².